The molecule has 3 fully saturated rings. The highest BCUT2D eigenvalue weighted by Crippen LogP contribution is 2.43. The Morgan fingerprint density at radius 1 is 1.08 bits per heavy atom. The lowest BCUT2D eigenvalue weighted by Crippen LogP contribution is -2.51. The second kappa shape index (κ2) is 7.11. The van der Waals surface area contributed by atoms with Crippen LogP contribution in [0.4, 0.5) is 0 Å². The van der Waals surface area contributed by atoms with Crippen LogP contribution in [0.2, 0.25) is 0 Å². The van der Waals surface area contributed by atoms with Gasteiger partial charge in [-0.15, -0.1) is 0 Å². The summed E-state index contributed by atoms with van der Waals surface area (Å²) in [4.78, 5) is 15.3. The molecule has 0 radical (unpaired) electrons. The van der Waals surface area contributed by atoms with Crippen molar-refractivity contribution < 1.29 is 4.79 Å². The molecule has 2 bridgehead atoms. The summed E-state index contributed by atoms with van der Waals surface area (Å²) in [6.07, 6.45) is 6.92. The highest BCUT2D eigenvalue weighted by Gasteiger charge is 2.42. The molecule has 3 aliphatic rings. The molecule has 1 aromatic rings. The lowest BCUT2D eigenvalue weighted by Gasteiger charge is -2.46. The average molecular weight is 341 g/mol. The summed E-state index contributed by atoms with van der Waals surface area (Å²) in [5, 5.41) is 0. The zero-order valence-corrected chi connectivity index (χ0v) is 15.4. The van der Waals surface area contributed by atoms with Gasteiger partial charge in [-0.3, -0.25) is 4.79 Å². The first-order valence-electron chi connectivity index (χ1n) is 10.2. The normalized spacial score (nSPS) is 38.4. The van der Waals surface area contributed by atoms with Crippen molar-refractivity contribution in [3.05, 3.63) is 35.9 Å². The van der Waals surface area contributed by atoms with E-state index in [0.29, 0.717) is 35.6 Å². The summed E-state index contributed by atoms with van der Waals surface area (Å²) in [5.41, 5.74) is 7.84. The van der Waals surface area contributed by atoms with Gasteiger partial charge in [0.25, 0.3) is 0 Å². The van der Waals surface area contributed by atoms with Gasteiger partial charge in [-0.1, -0.05) is 43.7 Å². The van der Waals surface area contributed by atoms with Gasteiger partial charge in [0, 0.05) is 25.0 Å². The summed E-state index contributed by atoms with van der Waals surface area (Å²) < 4.78 is 0. The summed E-state index contributed by atoms with van der Waals surface area (Å²) >= 11 is 0. The molecule has 1 amide bonds. The maximum atomic E-state index is 13.2. The lowest BCUT2D eigenvalue weighted by atomic mass is 9.64. The molecule has 136 valence electrons. The molecule has 1 aliphatic heterocycles. The molecule has 2 aliphatic carbocycles. The van der Waals surface area contributed by atoms with Gasteiger partial charge in [0.15, 0.2) is 0 Å². The Morgan fingerprint density at radius 3 is 2.40 bits per heavy atom. The van der Waals surface area contributed by atoms with Crippen LogP contribution in [-0.4, -0.2) is 29.9 Å². The molecule has 4 rings (SSSR count). The summed E-state index contributed by atoms with van der Waals surface area (Å²) in [6.45, 7) is 4.14. The van der Waals surface area contributed by atoms with Crippen molar-refractivity contribution in [1.82, 2.24) is 4.90 Å². The summed E-state index contributed by atoms with van der Waals surface area (Å²) in [6, 6.07) is 11.2. The number of nitrogens with zero attached hydrogens (tertiary/aromatic N) is 1. The largest absolute Gasteiger partial charge is 0.342 e. The zero-order chi connectivity index (χ0) is 17.4. The van der Waals surface area contributed by atoms with E-state index >= 15 is 0 Å². The Labute approximate surface area is 152 Å². The molecule has 2 saturated carbocycles. The lowest BCUT2D eigenvalue weighted by molar-refractivity contribution is -0.140. The van der Waals surface area contributed by atoms with Gasteiger partial charge < -0.3 is 10.6 Å². The molecule has 25 heavy (non-hydrogen) atoms. The fraction of sp³-hybridized carbons (Fsp3) is 0.682. The van der Waals surface area contributed by atoms with Gasteiger partial charge in [0.2, 0.25) is 5.91 Å². The van der Waals surface area contributed by atoms with Crippen LogP contribution in [0.3, 0.4) is 0 Å². The average Bonchev–Trinajstić information content (AvgIpc) is 2.61. The Balaban J connectivity index is 1.39. The highest BCUT2D eigenvalue weighted by molar-refractivity contribution is 5.79. The van der Waals surface area contributed by atoms with Crippen molar-refractivity contribution in [3.8, 4) is 0 Å². The Hall–Kier alpha value is -1.35. The minimum absolute atomic E-state index is 0.232. The number of benzene rings is 1. The van der Waals surface area contributed by atoms with Crippen molar-refractivity contribution in [3.63, 3.8) is 0 Å². The van der Waals surface area contributed by atoms with Crippen LogP contribution < -0.4 is 5.73 Å². The molecule has 0 aromatic heterocycles. The third-order valence-corrected chi connectivity index (χ3v) is 7.21. The first kappa shape index (κ1) is 17.1. The van der Waals surface area contributed by atoms with E-state index in [0.717, 1.165) is 32.4 Å². The Kier molecular flexibility index (Phi) is 4.86. The topological polar surface area (TPSA) is 46.3 Å². The molecule has 0 spiro atoms. The van der Waals surface area contributed by atoms with Crippen LogP contribution in [-0.2, 0) is 4.79 Å². The van der Waals surface area contributed by atoms with Crippen LogP contribution in [0.25, 0.3) is 0 Å². The minimum atomic E-state index is 0.232. The molecule has 1 saturated heterocycles. The first-order chi connectivity index (χ1) is 12.1. The van der Waals surface area contributed by atoms with E-state index in [1.165, 1.54) is 24.8 Å². The molecule has 4 atom stereocenters. The van der Waals surface area contributed by atoms with Gasteiger partial charge in [0.05, 0.1) is 0 Å². The Bertz CT molecular complexity index is 587. The summed E-state index contributed by atoms with van der Waals surface area (Å²) in [7, 11) is 0. The smallest absolute Gasteiger partial charge is 0.225 e. The quantitative estimate of drug-likeness (QED) is 0.890. The third-order valence-electron chi connectivity index (χ3n) is 7.21. The molecular formula is C22H32N2O. The molecule has 3 heteroatoms. The fourth-order valence-electron chi connectivity index (χ4n) is 5.79. The van der Waals surface area contributed by atoms with Crippen LogP contribution in [0.1, 0.15) is 56.9 Å². The Morgan fingerprint density at radius 2 is 1.76 bits per heavy atom. The standard InChI is InChI=1S/C22H32N2O/c1-15-14-24(11-10-20(15)16-6-3-2-4-7-16)22(25)19-12-17-8-5-9-18(13-19)21(17)23/h2-4,6-7,15,17-21H,5,8-14,23H2,1H3. The maximum absolute atomic E-state index is 13.2. The van der Waals surface area contributed by atoms with Gasteiger partial charge in [-0.2, -0.15) is 0 Å². The van der Waals surface area contributed by atoms with Gasteiger partial charge in [-0.25, -0.2) is 0 Å². The molecule has 1 aromatic carbocycles. The number of amides is 1. The van der Waals surface area contributed by atoms with Gasteiger partial charge in [-0.05, 0) is 61.3 Å². The van der Waals surface area contributed by atoms with Gasteiger partial charge in [0.1, 0.15) is 0 Å². The van der Waals surface area contributed by atoms with E-state index in [2.05, 4.69) is 42.2 Å². The minimum Gasteiger partial charge on any atom is -0.342 e. The van der Waals surface area contributed by atoms with E-state index in [4.69, 9.17) is 5.73 Å². The van der Waals surface area contributed by atoms with Crippen LogP contribution >= 0.6 is 0 Å². The number of rotatable bonds is 2. The highest BCUT2D eigenvalue weighted by atomic mass is 16.2. The van der Waals surface area contributed by atoms with Crippen molar-refractivity contribution in [2.75, 3.05) is 13.1 Å². The molecular weight excluding hydrogens is 308 g/mol. The number of carbonyl (C=O) groups excluding carboxylic acids is 1. The first-order valence-corrected chi connectivity index (χ1v) is 10.2. The third kappa shape index (κ3) is 3.36. The van der Waals surface area contributed by atoms with Gasteiger partial charge >= 0.3 is 0 Å². The number of hydrogen-bond acceptors (Lipinski definition) is 2. The van der Waals surface area contributed by atoms with E-state index in [1.54, 1.807) is 0 Å². The number of likely N-dealkylation sites (tertiary alicyclic amines) is 1. The van der Waals surface area contributed by atoms with E-state index < -0.39 is 0 Å². The summed E-state index contributed by atoms with van der Waals surface area (Å²) in [5.74, 6) is 2.94. The predicted octanol–water partition coefficient (Wildman–Crippen LogP) is 3.79. The molecule has 3 nitrogen and oxygen atoms in total. The predicted molar refractivity (Wildman–Crippen MR) is 101 cm³/mol. The molecule has 1 heterocycles. The van der Waals surface area contributed by atoms with Crippen LogP contribution in [0.15, 0.2) is 30.3 Å². The maximum Gasteiger partial charge on any atom is 0.225 e. The van der Waals surface area contributed by atoms with E-state index in [9.17, 15) is 4.79 Å². The number of hydrogen-bond donors (Lipinski definition) is 1. The van der Waals surface area contributed by atoms with Crippen LogP contribution in [0.5, 0.6) is 0 Å². The second-order valence-corrected chi connectivity index (χ2v) is 8.76. The van der Waals surface area contributed by atoms with Crippen molar-refractivity contribution >= 4 is 5.91 Å². The van der Waals surface area contributed by atoms with Crippen molar-refractivity contribution in [2.24, 2.45) is 29.4 Å². The van der Waals surface area contributed by atoms with E-state index in [1.807, 2.05) is 0 Å². The van der Waals surface area contributed by atoms with Crippen molar-refractivity contribution in [1.29, 1.82) is 0 Å². The molecule has 4 unspecified atom stereocenters. The molecule has 2 N–H and O–H groups in total. The number of nitrogens with two attached hydrogens (primary N) is 1. The van der Waals surface area contributed by atoms with Crippen molar-refractivity contribution in [2.45, 2.75) is 57.4 Å². The number of fused-ring (bicyclic) bond motifs is 2. The number of carbonyl (C=O) groups is 1. The number of piperidine rings is 1. The monoisotopic (exact) mass is 340 g/mol. The zero-order valence-electron chi connectivity index (χ0n) is 15.4. The van der Waals surface area contributed by atoms with Crippen LogP contribution in [0, 0.1) is 23.7 Å². The second-order valence-electron chi connectivity index (χ2n) is 8.76. The fourth-order valence-corrected chi connectivity index (χ4v) is 5.79. The SMILES string of the molecule is CC1CN(C(=O)C2CC3CCCC(C2)C3N)CCC1c1ccccc1. The van der Waals surface area contributed by atoms with E-state index in [-0.39, 0.29) is 5.92 Å².